The van der Waals surface area contributed by atoms with Gasteiger partial charge in [0, 0.05) is 13.0 Å². The summed E-state index contributed by atoms with van der Waals surface area (Å²) in [6, 6.07) is 2.02. The van der Waals surface area contributed by atoms with E-state index < -0.39 is 0 Å². The van der Waals surface area contributed by atoms with Crippen LogP contribution < -0.4 is 16.4 Å². The van der Waals surface area contributed by atoms with Gasteiger partial charge in [0.25, 0.3) is 0 Å². The summed E-state index contributed by atoms with van der Waals surface area (Å²) < 4.78 is 0. The minimum Gasteiger partial charge on any atom is -0.397 e. The van der Waals surface area contributed by atoms with Gasteiger partial charge in [-0.1, -0.05) is 0 Å². The number of carbonyl (C=O) groups excluding carboxylic acids is 1. The number of aromatic nitrogens is 1. The van der Waals surface area contributed by atoms with Gasteiger partial charge < -0.3 is 16.4 Å². The first kappa shape index (κ1) is 9.76. The molecule has 0 saturated carbocycles. The molecule has 4 N–H and O–H groups in total. The highest BCUT2D eigenvalue weighted by atomic mass is 16.1. The third-order valence-corrected chi connectivity index (χ3v) is 2.48. The summed E-state index contributed by atoms with van der Waals surface area (Å²) >= 11 is 0. The summed E-state index contributed by atoms with van der Waals surface area (Å²) in [7, 11) is 0. The zero-order valence-corrected chi connectivity index (χ0v) is 8.58. The lowest BCUT2D eigenvalue weighted by molar-refractivity contribution is -0.119. The predicted octanol–water partition coefficient (Wildman–Crippen LogP) is 0.273. The Kier molecular flexibility index (Phi) is 2.45. The van der Waals surface area contributed by atoms with Crippen molar-refractivity contribution in [1.29, 1.82) is 0 Å². The average molecular weight is 206 g/mol. The van der Waals surface area contributed by atoms with Crippen LogP contribution >= 0.6 is 0 Å². The summed E-state index contributed by atoms with van der Waals surface area (Å²) in [6.45, 7) is 2.59. The van der Waals surface area contributed by atoms with E-state index in [1.54, 1.807) is 6.20 Å². The second-order valence-corrected chi connectivity index (χ2v) is 3.78. The summed E-state index contributed by atoms with van der Waals surface area (Å²) in [5, 5.41) is 5.95. The monoisotopic (exact) mass is 206 g/mol. The van der Waals surface area contributed by atoms with Crippen molar-refractivity contribution in [2.75, 3.05) is 17.6 Å². The number of nitrogens with two attached hydrogens (primary N) is 1. The number of carbonyl (C=O) groups is 1. The molecule has 0 aliphatic carbocycles. The first-order chi connectivity index (χ1) is 7.15. The molecule has 1 amide bonds. The molecule has 0 bridgehead atoms. The van der Waals surface area contributed by atoms with Crippen LogP contribution in [0.3, 0.4) is 0 Å². The van der Waals surface area contributed by atoms with Crippen LogP contribution in [0.2, 0.25) is 0 Å². The number of aryl methyl sites for hydroxylation is 1. The fourth-order valence-corrected chi connectivity index (χ4v) is 1.56. The Bertz CT molecular complexity index is 391. The number of nitrogens with one attached hydrogen (secondary N) is 2. The second-order valence-electron chi connectivity index (χ2n) is 3.78. The molecule has 1 aromatic rings. The molecule has 1 unspecified atom stereocenters. The van der Waals surface area contributed by atoms with Crippen molar-refractivity contribution in [1.82, 2.24) is 10.3 Å². The van der Waals surface area contributed by atoms with Crippen molar-refractivity contribution in [2.24, 2.45) is 0 Å². The van der Waals surface area contributed by atoms with Crippen molar-refractivity contribution in [3.8, 4) is 0 Å². The fraction of sp³-hybridized carbons (Fsp3) is 0.400. The van der Waals surface area contributed by atoms with Crippen molar-refractivity contribution < 1.29 is 4.79 Å². The van der Waals surface area contributed by atoms with Gasteiger partial charge in [-0.3, -0.25) is 4.79 Å². The maximum Gasteiger partial charge on any atom is 0.222 e. The lowest BCUT2D eigenvalue weighted by Crippen LogP contribution is -2.22. The smallest absolute Gasteiger partial charge is 0.222 e. The summed E-state index contributed by atoms with van der Waals surface area (Å²) in [6.07, 6.45) is 2.13. The van der Waals surface area contributed by atoms with E-state index in [1.807, 2.05) is 13.0 Å². The molecule has 2 rings (SSSR count). The van der Waals surface area contributed by atoms with Crippen molar-refractivity contribution in [3.63, 3.8) is 0 Å². The Morgan fingerprint density at radius 2 is 2.47 bits per heavy atom. The van der Waals surface area contributed by atoms with Crippen LogP contribution in [0.15, 0.2) is 12.3 Å². The van der Waals surface area contributed by atoms with Crippen LogP contribution in [0.4, 0.5) is 11.5 Å². The zero-order valence-electron chi connectivity index (χ0n) is 8.58. The predicted molar refractivity (Wildman–Crippen MR) is 58.4 cm³/mol. The molecule has 5 heteroatoms. The molecule has 0 spiro atoms. The third-order valence-electron chi connectivity index (χ3n) is 2.48. The number of rotatable bonds is 2. The third kappa shape index (κ3) is 2.18. The molecule has 1 aromatic heterocycles. The maximum atomic E-state index is 11.0. The molecular formula is C10H14N4O. The molecule has 1 fully saturated rings. The molecule has 2 heterocycles. The topological polar surface area (TPSA) is 80.0 Å². The van der Waals surface area contributed by atoms with E-state index in [-0.39, 0.29) is 11.9 Å². The Labute approximate surface area is 88.1 Å². The lowest BCUT2D eigenvalue weighted by Gasteiger charge is -2.11. The first-order valence-corrected chi connectivity index (χ1v) is 4.90. The van der Waals surface area contributed by atoms with E-state index in [0.29, 0.717) is 18.7 Å². The molecule has 0 radical (unpaired) electrons. The van der Waals surface area contributed by atoms with Crippen LogP contribution in [-0.2, 0) is 4.79 Å². The Hall–Kier alpha value is -1.78. The van der Waals surface area contributed by atoms with E-state index >= 15 is 0 Å². The Morgan fingerprint density at radius 1 is 1.67 bits per heavy atom. The van der Waals surface area contributed by atoms with Crippen molar-refractivity contribution in [3.05, 3.63) is 17.8 Å². The van der Waals surface area contributed by atoms with Gasteiger partial charge in [-0.15, -0.1) is 0 Å². The molecule has 15 heavy (non-hydrogen) atoms. The van der Waals surface area contributed by atoms with Gasteiger partial charge in [0.2, 0.25) is 5.91 Å². The minimum atomic E-state index is 0.0830. The average Bonchev–Trinajstić information content (AvgIpc) is 2.58. The minimum absolute atomic E-state index is 0.0830. The lowest BCUT2D eigenvalue weighted by atomic mass is 10.2. The number of anilines is 2. The summed E-state index contributed by atoms with van der Waals surface area (Å²) in [5.74, 6) is 0.850. The fourth-order valence-electron chi connectivity index (χ4n) is 1.56. The normalized spacial score (nSPS) is 20.1. The van der Waals surface area contributed by atoms with E-state index in [1.165, 1.54) is 0 Å². The van der Waals surface area contributed by atoms with Gasteiger partial charge >= 0.3 is 0 Å². The van der Waals surface area contributed by atoms with Crippen LogP contribution in [0.25, 0.3) is 0 Å². The second kappa shape index (κ2) is 3.76. The van der Waals surface area contributed by atoms with Crippen LogP contribution in [0.5, 0.6) is 0 Å². The quantitative estimate of drug-likeness (QED) is 0.649. The van der Waals surface area contributed by atoms with Crippen molar-refractivity contribution >= 4 is 17.4 Å². The van der Waals surface area contributed by atoms with Crippen molar-refractivity contribution in [2.45, 2.75) is 19.4 Å². The van der Waals surface area contributed by atoms with E-state index in [4.69, 9.17) is 5.73 Å². The van der Waals surface area contributed by atoms with Gasteiger partial charge in [0.05, 0.1) is 17.9 Å². The molecule has 1 atom stereocenters. The SMILES string of the molecule is Cc1cc(NC2CNC(=O)C2)ncc1N. The number of pyridine rings is 1. The van der Waals surface area contributed by atoms with Gasteiger partial charge in [0.15, 0.2) is 0 Å². The largest absolute Gasteiger partial charge is 0.397 e. The number of nitrogen functional groups attached to an aromatic ring is 1. The molecule has 1 aliphatic heterocycles. The highest BCUT2D eigenvalue weighted by Gasteiger charge is 2.21. The van der Waals surface area contributed by atoms with Gasteiger partial charge in [-0.2, -0.15) is 0 Å². The highest BCUT2D eigenvalue weighted by molar-refractivity contribution is 5.79. The standard InChI is InChI=1S/C10H14N4O/c1-6-2-9(12-5-8(6)11)14-7-3-10(15)13-4-7/h2,5,7H,3-4,11H2,1H3,(H,12,14)(H,13,15). The Morgan fingerprint density at radius 3 is 3.07 bits per heavy atom. The van der Waals surface area contributed by atoms with Crippen LogP contribution in [0.1, 0.15) is 12.0 Å². The maximum absolute atomic E-state index is 11.0. The first-order valence-electron chi connectivity index (χ1n) is 4.90. The molecule has 1 aliphatic rings. The summed E-state index contributed by atoms with van der Waals surface area (Å²) in [4.78, 5) is 15.1. The molecular weight excluding hydrogens is 192 g/mol. The molecule has 80 valence electrons. The number of amides is 1. The molecule has 0 aromatic carbocycles. The van der Waals surface area contributed by atoms with Gasteiger partial charge in [-0.05, 0) is 18.6 Å². The number of hydrogen-bond donors (Lipinski definition) is 3. The Balaban J connectivity index is 2.05. The number of hydrogen-bond acceptors (Lipinski definition) is 4. The zero-order chi connectivity index (χ0) is 10.8. The van der Waals surface area contributed by atoms with E-state index in [2.05, 4.69) is 15.6 Å². The van der Waals surface area contributed by atoms with Gasteiger partial charge in [-0.25, -0.2) is 4.98 Å². The van der Waals surface area contributed by atoms with Crippen LogP contribution in [0, 0.1) is 6.92 Å². The highest BCUT2D eigenvalue weighted by Crippen LogP contribution is 2.15. The van der Waals surface area contributed by atoms with Gasteiger partial charge in [0.1, 0.15) is 5.82 Å². The number of nitrogens with zero attached hydrogens (tertiary/aromatic N) is 1. The molecule has 1 saturated heterocycles. The van der Waals surface area contributed by atoms with E-state index in [0.717, 1.165) is 11.4 Å². The molecule has 5 nitrogen and oxygen atoms in total. The summed E-state index contributed by atoms with van der Waals surface area (Å²) in [5.41, 5.74) is 7.33. The van der Waals surface area contributed by atoms with E-state index in [9.17, 15) is 4.79 Å². The van der Waals surface area contributed by atoms with Crippen LogP contribution in [-0.4, -0.2) is 23.5 Å².